The summed E-state index contributed by atoms with van der Waals surface area (Å²) in [6.07, 6.45) is -1.23. The lowest BCUT2D eigenvalue weighted by atomic mass is 9.62. The summed E-state index contributed by atoms with van der Waals surface area (Å²) in [5, 5.41) is 11.1. The molecule has 98 valence electrons. The molecule has 2 aromatic rings. The van der Waals surface area contributed by atoms with Gasteiger partial charge in [-0.05, 0) is 22.4 Å². The van der Waals surface area contributed by atoms with E-state index in [4.69, 9.17) is 0 Å². The normalized spacial score (nSPS) is 19.9. The molecule has 1 aliphatic rings. The van der Waals surface area contributed by atoms with Crippen molar-refractivity contribution in [3.63, 3.8) is 0 Å². The predicted octanol–water partition coefficient (Wildman–Crippen LogP) is 3.59. The highest BCUT2D eigenvalue weighted by Crippen LogP contribution is 2.53. The van der Waals surface area contributed by atoms with Gasteiger partial charge in [-0.1, -0.05) is 36.4 Å². The number of fused-ring (bicyclic) bond motifs is 1. The van der Waals surface area contributed by atoms with Gasteiger partial charge >= 0.3 is 5.97 Å². The van der Waals surface area contributed by atoms with E-state index in [0.717, 1.165) is 10.8 Å². The molecule has 1 N–H and O–H groups in total. The fourth-order valence-electron chi connectivity index (χ4n) is 2.80. The first kappa shape index (κ1) is 12.1. The Morgan fingerprint density at radius 3 is 2.26 bits per heavy atom. The Hall–Kier alpha value is -1.97. The van der Waals surface area contributed by atoms with Crippen LogP contribution in [-0.4, -0.2) is 17.0 Å². The van der Waals surface area contributed by atoms with Crippen molar-refractivity contribution in [1.29, 1.82) is 0 Å². The molecule has 4 heteroatoms. The minimum Gasteiger partial charge on any atom is -0.481 e. The zero-order valence-corrected chi connectivity index (χ0v) is 10.1. The topological polar surface area (TPSA) is 37.3 Å². The molecule has 3 rings (SSSR count). The molecule has 2 aromatic carbocycles. The number of hydrogen-bond donors (Lipinski definition) is 1. The number of carboxylic acid groups (broad SMARTS) is 1. The molecule has 1 fully saturated rings. The molecule has 0 unspecified atom stereocenters. The van der Waals surface area contributed by atoms with Crippen LogP contribution in [0, 0.1) is 0 Å². The largest absolute Gasteiger partial charge is 0.481 e. The lowest BCUT2D eigenvalue weighted by Gasteiger charge is -2.44. The number of alkyl halides is 2. The van der Waals surface area contributed by atoms with Gasteiger partial charge in [-0.3, -0.25) is 4.79 Å². The second kappa shape index (κ2) is 3.76. The minimum atomic E-state index is -2.87. The van der Waals surface area contributed by atoms with Crippen LogP contribution in [-0.2, 0) is 10.2 Å². The number of rotatable bonds is 2. The average molecular weight is 262 g/mol. The Kier molecular flexibility index (Phi) is 2.39. The molecule has 0 aliphatic heterocycles. The van der Waals surface area contributed by atoms with Crippen LogP contribution in [0.2, 0.25) is 0 Å². The first-order chi connectivity index (χ1) is 8.93. The summed E-state index contributed by atoms with van der Waals surface area (Å²) in [6, 6.07) is 12.6. The van der Waals surface area contributed by atoms with E-state index >= 15 is 0 Å². The summed E-state index contributed by atoms with van der Waals surface area (Å²) in [6.45, 7) is 0. The van der Waals surface area contributed by atoms with Crippen molar-refractivity contribution < 1.29 is 18.7 Å². The van der Waals surface area contributed by atoms with Crippen molar-refractivity contribution >= 4 is 16.7 Å². The zero-order chi connectivity index (χ0) is 13.7. The number of hydrogen-bond acceptors (Lipinski definition) is 1. The van der Waals surface area contributed by atoms with Crippen LogP contribution >= 0.6 is 0 Å². The number of benzene rings is 2. The molecule has 0 saturated heterocycles. The van der Waals surface area contributed by atoms with E-state index in [9.17, 15) is 18.7 Å². The smallest absolute Gasteiger partial charge is 0.314 e. The molecule has 19 heavy (non-hydrogen) atoms. The standard InChI is InChI=1S/C15H12F2O2/c16-15(17)8-14(9-15,13(18)19)12-6-5-10-3-1-2-4-11(10)7-12/h1-7H,8-9H2,(H,18,19). The predicted molar refractivity (Wildman–Crippen MR) is 67.4 cm³/mol. The van der Waals surface area contributed by atoms with Crippen molar-refractivity contribution in [3.05, 3.63) is 48.0 Å². The van der Waals surface area contributed by atoms with Gasteiger partial charge in [0.15, 0.2) is 0 Å². The first-order valence-electron chi connectivity index (χ1n) is 6.04. The number of carbonyl (C=O) groups is 1. The molecule has 0 atom stereocenters. The Bertz CT molecular complexity index is 656. The minimum absolute atomic E-state index is 0.463. The monoisotopic (exact) mass is 262 g/mol. The van der Waals surface area contributed by atoms with Gasteiger partial charge in [-0.25, -0.2) is 8.78 Å². The zero-order valence-electron chi connectivity index (χ0n) is 10.1. The second-order valence-corrected chi connectivity index (χ2v) is 5.16. The lowest BCUT2D eigenvalue weighted by molar-refractivity contribution is -0.174. The van der Waals surface area contributed by atoms with E-state index in [2.05, 4.69) is 0 Å². The Morgan fingerprint density at radius 2 is 1.68 bits per heavy atom. The summed E-state index contributed by atoms with van der Waals surface area (Å²) < 4.78 is 26.3. The maximum Gasteiger partial charge on any atom is 0.314 e. The van der Waals surface area contributed by atoms with Crippen molar-refractivity contribution in [1.82, 2.24) is 0 Å². The Morgan fingerprint density at radius 1 is 1.05 bits per heavy atom. The summed E-state index contributed by atoms with van der Waals surface area (Å²) in [4.78, 5) is 11.4. The van der Waals surface area contributed by atoms with Crippen LogP contribution in [0.5, 0.6) is 0 Å². The Labute approximate surface area is 108 Å². The van der Waals surface area contributed by atoms with Crippen molar-refractivity contribution in [2.75, 3.05) is 0 Å². The van der Waals surface area contributed by atoms with Gasteiger partial charge in [0.25, 0.3) is 5.92 Å². The van der Waals surface area contributed by atoms with Gasteiger partial charge in [0.1, 0.15) is 5.41 Å². The van der Waals surface area contributed by atoms with Gasteiger partial charge < -0.3 is 5.11 Å². The van der Waals surface area contributed by atoms with Crippen molar-refractivity contribution in [2.45, 2.75) is 24.2 Å². The molecule has 0 radical (unpaired) electrons. The van der Waals surface area contributed by atoms with Gasteiger partial charge in [-0.15, -0.1) is 0 Å². The highest BCUT2D eigenvalue weighted by atomic mass is 19.3. The molecule has 0 bridgehead atoms. The van der Waals surface area contributed by atoms with Gasteiger partial charge in [0, 0.05) is 12.8 Å². The highest BCUT2D eigenvalue weighted by molar-refractivity contribution is 5.88. The Balaban J connectivity index is 2.10. The molecular weight excluding hydrogens is 250 g/mol. The molecule has 0 amide bonds. The third-order valence-electron chi connectivity index (χ3n) is 3.83. The third-order valence-corrected chi connectivity index (χ3v) is 3.83. The fraction of sp³-hybridized carbons (Fsp3) is 0.267. The SMILES string of the molecule is O=C(O)C1(c2ccc3ccccc3c2)CC(F)(F)C1. The number of aliphatic carboxylic acids is 1. The molecular formula is C15H12F2O2. The van der Waals surface area contributed by atoms with E-state index in [1.165, 1.54) is 0 Å². The quantitative estimate of drug-likeness (QED) is 0.898. The van der Waals surface area contributed by atoms with E-state index in [1.807, 2.05) is 24.3 Å². The fourth-order valence-corrected chi connectivity index (χ4v) is 2.80. The van der Waals surface area contributed by atoms with E-state index in [0.29, 0.717) is 5.56 Å². The van der Waals surface area contributed by atoms with Crippen LogP contribution in [0.15, 0.2) is 42.5 Å². The maximum absolute atomic E-state index is 13.1. The van der Waals surface area contributed by atoms with Crippen molar-refractivity contribution in [3.8, 4) is 0 Å². The first-order valence-corrected chi connectivity index (χ1v) is 6.04. The van der Waals surface area contributed by atoms with Crippen LogP contribution in [0.4, 0.5) is 8.78 Å². The van der Waals surface area contributed by atoms with Crippen LogP contribution < -0.4 is 0 Å². The number of carboxylic acids is 1. The summed E-state index contributed by atoms with van der Waals surface area (Å²) in [7, 11) is 0. The van der Waals surface area contributed by atoms with E-state index in [-0.39, 0.29) is 0 Å². The van der Waals surface area contributed by atoms with E-state index in [1.54, 1.807) is 18.2 Å². The summed E-state index contributed by atoms with van der Waals surface area (Å²) in [5.41, 5.74) is -0.974. The highest BCUT2D eigenvalue weighted by Gasteiger charge is 2.62. The van der Waals surface area contributed by atoms with E-state index < -0.39 is 30.1 Å². The van der Waals surface area contributed by atoms with Gasteiger partial charge in [0.05, 0.1) is 0 Å². The maximum atomic E-state index is 13.1. The molecule has 1 aliphatic carbocycles. The summed E-state index contributed by atoms with van der Waals surface area (Å²) in [5.74, 6) is -4.04. The van der Waals surface area contributed by atoms with Crippen LogP contribution in [0.3, 0.4) is 0 Å². The van der Waals surface area contributed by atoms with Gasteiger partial charge in [0.2, 0.25) is 0 Å². The lowest BCUT2D eigenvalue weighted by Crippen LogP contribution is -2.54. The molecule has 0 spiro atoms. The summed E-state index contributed by atoms with van der Waals surface area (Å²) >= 11 is 0. The molecule has 0 aromatic heterocycles. The molecule has 0 heterocycles. The van der Waals surface area contributed by atoms with Crippen LogP contribution in [0.25, 0.3) is 10.8 Å². The van der Waals surface area contributed by atoms with Crippen molar-refractivity contribution in [2.24, 2.45) is 0 Å². The molecule has 1 saturated carbocycles. The van der Waals surface area contributed by atoms with Crippen LogP contribution in [0.1, 0.15) is 18.4 Å². The van der Waals surface area contributed by atoms with Gasteiger partial charge in [-0.2, -0.15) is 0 Å². The third kappa shape index (κ3) is 1.79. The molecule has 2 nitrogen and oxygen atoms in total. The number of halogens is 2. The average Bonchev–Trinajstić information content (AvgIpc) is 2.34. The second-order valence-electron chi connectivity index (χ2n) is 5.16.